The largest absolute Gasteiger partial charge is 0.320 e. The van der Waals surface area contributed by atoms with Gasteiger partial charge in [0.2, 0.25) is 11.8 Å². The molecule has 1 aliphatic rings. The van der Waals surface area contributed by atoms with Gasteiger partial charge in [0.1, 0.15) is 0 Å². The topological polar surface area (TPSA) is 63.4 Å². The van der Waals surface area contributed by atoms with Crippen molar-refractivity contribution in [3.63, 3.8) is 0 Å². The summed E-state index contributed by atoms with van der Waals surface area (Å²) < 4.78 is 0. The van der Waals surface area contributed by atoms with Crippen LogP contribution in [0.3, 0.4) is 0 Å². The minimum Gasteiger partial charge on any atom is -0.320 e. The van der Waals surface area contributed by atoms with Gasteiger partial charge in [-0.3, -0.25) is 14.5 Å². The van der Waals surface area contributed by atoms with Gasteiger partial charge in [0.15, 0.2) is 0 Å². The van der Waals surface area contributed by atoms with Crippen LogP contribution in [0.5, 0.6) is 0 Å². The Bertz CT molecular complexity index is 321. The summed E-state index contributed by atoms with van der Waals surface area (Å²) in [5.74, 6) is -0.0672. The van der Waals surface area contributed by atoms with Gasteiger partial charge in [-0.1, -0.05) is 45.4 Å². The molecule has 1 fully saturated rings. The SMILES string of the molecule is CCCCCCCCCN1C(=O)CC(SC(C)N)C1=O. The van der Waals surface area contributed by atoms with Gasteiger partial charge in [0.05, 0.1) is 5.25 Å². The number of nitrogens with zero attached hydrogens (tertiary/aromatic N) is 1. The van der Waals surface area contributed by atoms with E-state index in [1.165, 1.54) is 48.8 Å². The van der Waals surface area contributed by atoms with Crippen LogP contribution < -0.4 is 5.73 Å². The van der Waals surface area contributed by atoms with Crippen molar-refractivity contribution in [2.24, 2.45) is 5.73 Å². The molecule has 2 atom stereocenters. The van der Waals surface area contributed by atoms with E-state index in [0.717, 1.165) is 12.8 Å². The number of hydrogen-bond acceptors (Lipinski definition) is 4. The molecular weight excluding hydrogens is 272 g/mol. The standard InChI is InChI=1S/C15H28N2O2S/c1-3-4-5-6-7-8-9-10-17-14(18)11-13(15(17)19)20-12(2)16/h12-13H,3-11,16H2,1-2H3. The van der Waals surface area contributed by atoms with Crippen LogP contribution in [0.1, 0.15) is 65.2 Å². The van der Waals surface area contributed by atoms with Crippen LogP contribution in [0.2, 0.25) is 0 Å². The lowest BCUT2D eigenvalue weighted by Gasteiger charge is -2.15. The monoisotopic (exact) mass is 300 g/mol. The molecule has 0 aromatic rings. The summed E-state index contributed by atoms with van der Waals surface area (Å²) in [6.07, 6.45) is 8.68. The van der Waals surface area contributed by atoms with Crippen LogP contribution in [0.15, 0.2) is 0 Å². The van der Waals surface area contributed by atoms with Crippen LogP contribution in [0, 0.1) is 0 Å². The van der Waals surface area contributed by atoms with E-state index in [-0.39, 0.29) is 22.4 Å². The zero-order valence-corrected chi connectivity index (χ0v) is 13.6. The van der Waals surface area contributed by atoms with Crippen molar-refractivity contribution in [2.75, 3.05) is 6.54 Å². The maximum Gasteiger partial charge on any atom is 0.242 e. The van der Waals surface area contributed by atoms with Gasteiger partial charge >= 0.3 is 0 Å². The maximum absolute atomic E-state index is 12.1. The molecule has 1 aliphatic heterocycles. The molecule has 20 heavy (non-hydrogen) atoms. The fraction of sp³-hybridized carbons (Fsp3) is 0.867. The average molecular weight is 300 g/mol. The summed E-state index contributed by atoms with van der Waals surface area (Å²) in [6.45, 7) is 4.64. The van der Waals surface area contributed by atoms with Gasteiger partial charge in [0, 0.05) is 18.3 Å². The Morgan fingerprint density at radius 3 is 2.40 bits per heavy atom. The number of likely N-dealkylation sites (tertiary alicyclic amines) is 1. The summed E-state index contributed by atoms with van der Waals surface area (Å²) in [5.41, 5.74) is 5.69. The van der Waals surface area contributed by atoms with Gasteiger partial charge < -0.3 is 5.73 Å². The van der Waals surface area contributed by atoms with Crippen molar-refractivity contribution in [3.05, 3.63) is 0 Å². The number of nitrogens with two attached hydrogens (primary N) is 1. The minimum absolute atomic E-state index is 0.0286. The smallest absolute Gasteiger partial charge is 0.242 e. The Hall–Kier alpha value is -0.550. The fourth-order valence-corrected chi connectivity index (χ4v) is 3.48. The van der Waals surface area contributed by atoms with E-state index in [0.29, 0.717) is 13.0 Å². The molecule has 2 unspecified atom stereocenters. The first-order chi connectivity index (χ1) is 9.56. The van der Waals surface area contributed by atoms with E-state index >= 15 is 0 Å². The molecule has 4 nitrogen and oxygen atoms in total. The van der Waals surface area contributed by atoms with Crippen molar-refractivity contribution in [1.29, 1.82) is 0 Å². The molecule has 2 N–H and O–H groups in total. The van der Waals surface area contributed by atoms with Gasteiger partial charge in [0.25, 0.3) is 0 Å². The molecule has 1 heterocycles. The molecule has 0 aromatic heterocycles. The van der Waals surface area contributed by atoms with E-state index in [2.05, 4.69) is 6.92 Å². The highest BCUT2D eigenvalue weighted by Crippen LogP contribution is 2.27. The number of rotatable bonds is 10. The number of hydrogen-bond donors (Lipinski definition) is 1. The van der Waals surface area contributed by atoms with Crippen molar-refractivity contribution < 1.29 is 9.59 Å². The third kappa shape index (κ3) is 5.83. The van der Waals surface area contributed by atoms with Crippen LogP contribution >= 0.6 is 11.8 Å². The lowest BCUT2D eigenvalue weighted by Crippen LogP contribution is -2.33. The Morgan fingerprint density at radius 1 is 1.20 bits per heavy atom. The number of carbonyl (C=O) groups excluding carboxylic acids is 2. The zero-order chi connectivity index (χ0) is 15.0. The number of amides is 2. The average Bonchev–Trinajstić information content (AvgIpc) is 2.64. The van der Waals surface area contributed by atoms with Crippen LogP contribution in [-0.4, -0.2) is 33.9 Å². The molecule has 1 rings (SSSR count). The fourth-order valence-electron chi connectivity index (χ4n) is 2.48. The molecule has 0 aromatic carbocycles. The van der Waals surface area contributed by atoms with Crippen molar-refractivity contribution in [3.8, 4) is 0 Å². The summed E-state index contributed by atoms with van der Waals surface area (Å²) in [5, 5.41) is -0.359. The molecule has 5 heteroatoms. The second-order valence-electron chi connectivity index (χ2n) is 5.54. The Kier molecular flexibility index (Phi) is 8.22. The second-order valence-corrected chi connectivity index (χ2v) is 7.12. The number of imide groups is 1. The van der Waals surface area contributed by atoms with Gasteiger partial charge in [-0.25, -0.2) is 0 Å². The zero-order valence-electron chi connectivity index (χ0n) is 12.8. The normalized spacial score (nSPS) is 20.8. The minimum atomic E-state index is -0.257. The van der Waals surface area contributed by atoms with E-state index in [9.17, 15) is 9.59 Å². The predicted molar refractivity (Wildman–Crippen MR) is 84.4 cm³/mol. The van der Waals surface area contributed by atoms with E-state index in [1.54, 1.807) is 0 Å². The molecule has 0 bridgehead atoms. The first-order valence-corrected chi connectivity index (χ1v) is 8.75. The molecule has 0 saturated carbocycles. The molecule has 0 aliphatic carbocycles. The summed E-state index contributed by atoms with van der Waals surface area (Å²) in [6, 6.07) is 0. The highest BCUT2D eigenvalue weighted by atomic mass is 32.2. The molecule has 116 valence electrons. The van der Waals surface area contributed by atoms with Gasteiger partial charge in [-0.2, -0.15) is 0 Å². The van der Waals surface area contributed by atoms with Crippen LogP contribution in [0.4, 0.5) is 0 Å². The van der Waals surface area contributed by atoms with Crippen LogP contribution in [0.25, 0.3) is 0 Å². The summed E-state index contributed by atoms with van der Waals surface area (Å²) in [4.78, 5) is 25.4. The molecular formula is C15H28N2O2S. The van der Waals surface area contributed by atoms with Gasteiger partial charge in [-0.15, -0.1) is 11.8 Å². The Morgan fingerprint density at radius 2 is 1.80 bits per heavy atom. The second kappa shape index (κ2) is 9.40. The van der Waals surface area contributed by atoms with E-state index < -0.39 is 0 Å². The van der Waals surface area contributed by atoms with Gasteiger partial charge in [-0.05, 0) is 13.3 Å². The Balaban J connectivity index is 2.20. The summed E-state index contributed by atoms with van der Waals surface area (Å²) in [7, 11) is 0. The number of thioether (sulfide) groups is 1. The maximum atomic E-state index is 12.1. The third-order valence-electron chi connectivity index (χ3n) is 3.57. The first kappa shape index (κ1) is 17.5. The number of unbranched alkanes of at least 4 members (excludes halogenated alkanes) is 6. The van der Waals surface area contributed by atoms with E-state index in [1.807, 2.05) is 6.92 Å². The lowest BCUT2D eigenvalue weighted by atomic mass is 10.1. The molecule has 0 spiro atoms. The van der Waals surface area contributed by atoms with Crippen molar-refractivity contribution in [1.82, 2.24) is 4.90 Å². The number of carbonyl (C=O) groups is 2. The highest BCUT2D eigenvalue weighted by Gasteiger charge is 2.38. The molecule has 1 saturated heterocycles. The highest BCUT2D eigenvalue weighted by molar-refractivity contribution is 8.01. The van der Waals surface area contributed by atoms with Crippen LogP contribution in [-0.2, 0) is 9.59 Å². The predicted octanol–water partition coefficient (Wildman–Crippen LogP) is 2.90. The first-order valence-electron chi connectivity index (χ1n) is 7.81. The third-order valence-corrected chi connectivity index (χ3v) is 4.69. The lowest BCUT2D eigenvalue weighted by molar-refractivity contribution is -0.138. The van der Waals surface area contributed by atoms with E-state index in [4.69, 9.17) is 5.73 Å². The quantitative estimate of drug-likeness (QED) is 0.383. The Labute approximate surface area is 126 Å². The summed E-state index contributed by atoms with van der Waals surface area (Å²) >= 11 is 1.40. The molecule has 2 amide bonds. The molecule has 0 radical (unpaired) electrons. The van der Waals surface area contributed by atoms with Crippen molar-refractivity contribution in [2.45, 2.75) is 75.8 Å². The van der Waals surface area contributed by atoms with Crippen molar-refractivity contribution >= 4 is 23.6 Å².